The normalized spacial score (nSPS) is 19.9. The van der Waals surface area contributed by atoms with Gasteiger partial charge in [0.15, 0.2) is 0 Å². The molecular formula is C13H18FN3O3. The number of benzene rings is 1. The maximum atomic E-state index is 13.4. The van der Waals surface area contributed by atoms with Gasteiger partial charge in [-0.3, -0.25) is 10.1 Å². The van der Waals surface area contributed by atoms with Crippen molar-refractivity contribution in [2.24, 2.45) is 0 Å². The number of morpholine rings is 1. The molecule has 1 saturated heterocycles. The van der Waals surface area contributed by atoms with Crippen molar-refractivity contribution in [1.29, 1.82) is 0 Å². The fourth-order valence-electron chi connectivity index (χ4n) is 2.18. The quantitative estimate of drug-likeness (QED) is 0.674. The van der Waals surface area contributed by atoms with Gasteiger partial charge in [-0.15, -0.1) is 0 Å². The largest absolute Gasteiger partial charge is 0.377 e. The van der Waals surface area contributed by atoms with Gasteiger partial charge in [-0.25, -0.2) is 4.39 Å². The summed E-state index contributed by atoms with van der Waals surface area (Å²) in [5.74, 6) is -0.573. The lowest BCUT2D eigenvalue weighted by molar-refractivity contribution is -0.384. The number of anilines is 1. The number of ether oxygens (including phenoxy) is 1. The van der Waals surface area contributed by atoms with Crippen LogP contribution in [0, 0.1) is 22.9 Å². The Morgan fingerprint density at radius 1 is 1.60 bits per heavy atom. The highest BCUT2D eigenvalue weighted by molar-refractivity contribution is 5.63. The zero-order chi connectivity index (χ0) is 14.7. The molecule has 1 aliphatic heterocycles. The van der Waals surface area contributed by atoms with Crippen LogP contribution < -0.4 is 5.32 Å². The number of nitrogens with one attached hydrogen (secondary N) is 1. The summed E-state index contributed by atoms with van der Waals surface area (Å²) < 4.78 is 19.0. The highest BCUT2D eigenvalue weighted by atomic mass is 19.1. The summed E-state index contributed by atoms with van der Waals surface area (Å²) in [6.07, 6.45) is -0.0290. The van der Waals surface area contributed by atoms with E-state index < -0.39 is 10.7 Å². The second kappa shape index (κ2) is 6.15. The molecule has 2 rings (SSSR count). The van der Waals surface area contributed by atoms with Crippen LogP contribution >= 0.6 is 0 Å². The molecule has 1 fully saturated rings. The zero-order valence-electron chi connectivity index (χ0n) is 11.6. The number of nitro groups is 1. The van der Waals surface area contributed by atoms with Crippen LogP contribution in [0.15, 0.2) is 12.1 Å². The van der Waals surface area contributed by atoms with Crippen molar-refractivity contribution in [3.63, 3.8) is 0 Å². The predicted octanol–water partition coefficient (Wildman–Crippen LogP) is 1.78. The van der Waals surface area contributed by atoms with Gasteiger partial charge < -0.3 is 15.0 Å². The van der Waals surface area contributed by atoms with Crippen LogP contribution in [0.3, 0.4) is 0 Å². The SMILES string of the molecule is Cc1cc(NCC2CN(C)CCO2)c([N+](=O)[O-])cc1F. The second-order valence-corrected chi connectivity index (χ2v) is 5.01. The van der Waals surface area contributed by atoms with Crippen molar-refractivity contribution >= 4 is 11.4 Å². The molecule has 0 spiro atoms. The van der Waals surface area contributed by atoms with E-state index in [1.54, 1.807) is 6.92 Å². The highest BCUT2D eigenvalue weighted by Crippen LogP contribution is 2.27. The minimum absolute atomic E-state index is 0.0290. The molecule has 7 heteroatoms. The van der Waals surface area contributed by atoms with Gasteiger partial charge in [-0.05, 0) is 25.6 Å². The lowest BCUT2D eigenvalue weighted by atomic mass is 10.1. The van der Waals surface area contributed by atoms with E-state index in [4.69, 9.17) is 4.74 Å². The van der Waals surface area contributed by atoms with Gasteiger partial charge in [0.25, 0.3) is 5.69 Å². The average Bonchev–Trinajstić information content (AvgIpc) is 2.39. The van der Waals surface area contributed by atoms with E-state index >= 15 is 0 Å². The Labute approximate surface area is 116 Å². The van der Waals surface area contributed by atoms with Crippen LogP contribution in [0.1, 0.15) is 5.56 Å². The number of nitrogens with zero attached hydrogens (tertiary/aromatic N) is 2. The zero-order valence-corrected chi connectivity index (χ0v) is 11.6. The van der Waals surface area contributed by atoms with Crippen LogP contribution in [0.5, 0.6) is 0 Å². The molecule has 0 saturated carbocycles. The molecule has 1 aromatic carbocycles. The Bertz CT molecular complexity index is 510. The van der Waals surface area contributed by atoms with Gasteiger partial charge in [0.05, 0.1) is 23.7 Å². The highest BCUT2D eigenvalue weighted by Gasteiger charge is 2.21. The first-order chi connectivity index (χ1) is 9.47. The summed E-state index contributed by atoms with van der Waals surface area (Å²) in [7, 11) is 2.00. The number of halogens is 1. The number of rotatable bonds is 4. The first-order valence-corrected chi connectivity index (χ1v) is 6.46. The molecule has 110 valence electrons. The number of hydrogen-bond donors (Lipinski definition) is 1. The Morgan fingerprint density at radius 2 is 2.35 bits per heavy atom. The molecule has 6 nitrogen and oxygen atoms in total. The Morgan fingerprint density at radius 3 is 3.00 bits per heavy atom. The number of nitro benzene ring substituents is 1. The maximum absolute atomic E-state index is 13.4. The smallest absolute Gasteiger partial charge is 0.295 e. The molecule has 1 aromatic rings. The number of aryl methyl sites for hydroxylation is 1. The summed E-state index contributed by atoms with van der Waals surface area (Å²) in [5.41, 5.74) is 0.447. The first kappa shape index (κ1) is 14.7. The first-order valence-electron chi connectivity index (χ1n) is 6.46. The number of hydrogen-bond acceptors (Lipinski definition) is 5. The van der Waals surface area contributed by atoms with Crippen molar-refractivity contribution < 1.29 is 14.1 Å². The topological polar surface area (TPSA) is 67.6 Å². The Kier molecular flexibility index (Phi) is 4.51. The molecule has 1 unspecified atom stereocenters. The Hall–Kier alpha value is -1.73. The fourth-order valence-corrected chi connectivity index (χ4v) is 2.18. The summed E-state index contributed by atoms with van der Waals surface area (Å²) in [5, 5.41) is 13.9. The molecule has 0 radical (unpaired) electrons. The maximum Gasteiger partial charge on any atom is 0.295 e. The predicted molar refractivity (Wildman–Crippen MR) is 73.5 cm³/mol. The van der Waals surface area contributed by atoms with E-state index in [0.29, 0.717) is 24.4 Å². The third-order valence-electron chi connectivity index (χ3n) is 3.34. The minimum atomic E-state index is -0.585. The summed E-state index contributed by atoms with van der Waals surface area (Å²) >= 11 is 0. The lowest BCUT2D eigenvalue weighted by Crippen LogP contribution is -2.43. The molecule has 1 N–H and O–H groups in total. The van der Waals surface area contributed by atoms with E-state index in [9.17, 15) is 14.5 Å². The standard InChI is InChI=1S/C13H18FN3O3/c1-9-5-12(13(17(18)19)6-11(9)14)15-7-10-8-16(2)3-4-20-10/h5-6,10,15H,3-4,7-8H2,1-2H3. The third kappa shape index (κ3) is 3.43. The molecule has 0 bridgehead atoms. The van der Waals surface area contributed by atoms with E-state index in [0.717, 1.165) is 19.2 Å². The fraction of sp³-hybridized carbons (Fsp3) is 0.538. The molecule has 20 heavy (non-hydrogen) atoms. The summed E-state index contributed by atoms with van der Waals surface area (Å²) in [4.78, 5) is 12.5. The van der Waals surface area contributed by atoms with Crippen LogP contribution in [-0.2, 0) is 4.74 Å². The Balaban J connectivity index is 2.08. The van der Waals surface area contributed by atoms with E-state index in [1.165, 1.54) is 6.07 Å². The monoisotopic (exact) mass is 283 g/mol. The number of likely N-dealkylation sites (N-methyl/N-ethyl adjacent to an activating group) is 1. The molecule has 1 heterocycles. The second-order valence-electron chi connectivity index (χ2n) is 5.01. The third-order valence-corrected chi connectivity index (χ3v) is 3.34. The molecular weight excluding hydrogens is 265 g/mol. The molecule has 1 aliphatic rings. The van der Waals surface area contributed by atoms with Crippen LogP contribution in [0.4, 0.5) is 15.8 Å². The van der Waals surface area contributed by atoms with Crippen molar-refractivity contribution in [1.82, 2.24) is 4.90 Å². The molecule has 0 aliphatic carbocycles. The average molecular weight is 283 g/mol. The molecule has 0 aromatic heterocycles. The van der Waals surface area contributed by atoms with Crippen LogP contribution in [0.2, 0.25) is 0 Å². The van der Waals surface area contributed by atoms with Crippen LogP contribution in [0.25, 0.3) is 0 Å². The van der Waals surface area contributed by atoms with E-state index in [-0.39, 0.29) is 11.8 Å². The summed E-state index contributed by atoms with van der Waals surface area (Å²) in [6, 6.07) is 2.41. The van der Waals surface area contributed by atoms with Gasteiger partial charge >= 0.3 is 0 Å². The van der Waals surface area contributed by atoms with Gasteiger partial charge in [0.1, 0.15) is 11.5 Å². The van der Waals surface area contributed by atoms with Gasteiger partial charge in [-0.2, -0.15) is 0 Å². The minimum Gasteiger partial charge on any atom is -0.377 e. The summed E-state index contributed by atoms with van der Waals surface area (Å²) in [6.45, 7) is 4.33. The molecule has 1 atom stereocenters. The van der Waals surface area contributed by atoms with Gasteiger partial charge in [0.2, 0.25) is 0 Å². The lowest BCUT2D eigenvalue weighted by Gasteiger charge is -2.30. The van der Waals surface area contributed by atoms with Crippen molar-refractivity contribution in [3.05, 3.63) is 33.6 Å². The molecule has 0 amide bonds. The van der Waals surface area contributed by atoms with Crippen LogP contribution in [-0.4, -0.2) is 49.2 Å². The van der Waals surface area contributed by atoms with Crippen molar-refractivity contribution in [3.8, 4) is 0 Å². The van der Waals surface area contributed by atoms with Crippen molar-refractivity contribution in [2.75, 3.05) is 38.6 Å². The van der Waals surface area contributed by atoms with Gasteiger partial charge in [0, 0.05) is 19.6 Å². The van der Waals surface area contributed by atoms with E-state index in [2.05, 4.69) is 10.2 Å². The van der Waals surface area contributed by atoms with Crippen molar-refractivity contribution in [2.45, 2.75) is 13.0 Å². The van der Waals surface area contributed by atoms with Gasteiger partial charge in [-0.1, -0.05) is 0 Å². The van der Waals surface area contributed by atoms with E-state index in [1.807, 2.05) is 7.05 Å².